The number of β-amino-alcohol motifs (C(OH)–C–C–N with tert-alkyl or cyclic N) is 1. The van der Waals surface area contributed by atoms with Gasteiger partial charge in [0.2, 0.25) is 5.56 Å². The number of nitrogens with zero attached hydrogens (tertiary/aromatic N) is 4. The average Bonchev–Trinajstić information content (AvgIpc) is 2.84. The van der Waals surface area contributed by atoms with Crippen LogP contribution in [0.1, 0.15) is 11.3 Å². The van der Waals surface area contributed by atoms with Gasteiger partial charge < -0.3 is 25.0 Å². The van der Waals surface area contributed by atoms with E-state index in [0.717, 1.165) is 48.8 Å². The minimum absolute atomic E-state index is 0.144. The summed E-state index contributed by atoms with van der Waals surface area (Å²) in [6.45, 7) is 5.44. The van der Waals surface area contributed by atoms with Crippen molar-refractivity contribution in [1.82, 2.24) is 19.9 Å². The number of ether oxygens (including phenoxy) is 1. The first-order valence-corrected chi connectivity index (χ1v) is 11.3. The molecule has 0 aliphatic carbocycles. The summed E-state index contributed by atoms with van der Waals surface area (Å²) < 4.78 is 5.55. The first-order valence-electron chi connectivity index (χ1n) is 11.3. The van der Waals surface area contributed by atoms with Crippen LogP contribution in [0.3, 0.4) is 0 Å². The van der Waals surface area contributed by atoms with Crippen molar-refractivity contribution in [3.63, 3.8) is 0 Å². The third kappa shape index (κ3) is 4.90. The van der Waals surface area contributed by atoms with E-state index in [9.17, 15) is 9.90 Å². The van der Waals surface area contributed by atoms with Crippen molar-refractivity contribution in [2.45, 2.75) is 13.0 Å². The predicted molar refractivity (Wildman–Crippen MR) is 127 cm³/mol. The second-order valence-electron chi connectivity index (χ2n) is 8.28. The van der Waals surface area contributed by atoms with E-state index in [4.69, 9.17) is 14.7 Å². The summed E-state index contributed by atoms with van der Waals surface area (Å²) in [4.78, 5) is 28.8. The van der Waals surface area contributed by atoms with Crippen LogP contribution < -0.4 is 15.8 Å². The predicted octanol–water partition coefficient (Wildman–Crippen LogP) is 1.76. The molecule has 0 atom stereocenters. The van der Waals surface area contributed by atoms with Crippen LogP contribution in [-0.2, 0) is 17.7 Å². The zero-order valence-corrected chi connectivity index (χ0v) is 18.5. The van der Waals surface area contributed by atoms with Gasteiger partial charge in [-0.15, -0.1) is 0 Å². The Kier molecular flexibility index (Phi) is 6.34. The Morgan fingerprint density at radius 1 is 1.06 bits per heavy atom. The molecule has 0 bridgehead atoms. The SMILES string of the molecule is O=c1cccc(Nc2ccc(-c3nc4c(c(N5CCOCC5)n3)CCN(CCO)C4)cc2)[nH]1. The minimum Gasteiger partial charge on any atom is -0.395 e. The molecule has 2 aromatic heterocycles. The van der Waals surface area contributed by atoms with Gasteiger partial charge in [0, 0.05) is 55.6 Å². The maximum Gasteiger partial charge on any atom is 0.249 e. The van der Waals surface area contributed by atoms with Crippen LogP contribution in [0.25, 0.3) is 11.4 Å². The van der Waals surface area contributed by atoms with Crippen molar-refractivity contribution in [2.75, 3.05) is 56.2 Å². The number of hydrogen-bond acceptors (Lipinski definition) is 8. The molecule has 9 nitrogen and oxygen atoms in total. The van der Waals surface area contributed by atoms with Gasteiger partial charge in [-0.1, -0.05) is 6.07 Å². The number of aliphatic hydroxyl groups excluding tert-OH is 1. The van der Waals surface area contributed by atoms with Crippen LogP contribution in [0.2, 0.25) is 0 Å². The lowest BCUT2D eigenvalue weighted by Gasteiger charge is -2.34. The highest BCUT2D eigenvalue weighted by Crippen LogP contribution is 2.30. The molecule has 172 valence electrons. The van der Waals surface area contributed by atoms with Gasteiger partial charge in [-0.3, -0.25) is 9.69 Å². The third-order valence-electron chi connectivity index (χ3n) is 6.04. The van der Waals surface area contributed by atoms with Crippen LogP contribution in [-0.4, -0.2) is 71.0 Å². The Hall–Kier alpha value is -3.27. The number of benzene rings is 1. The second-order valence-corrected chi connectivity index (χ2v) is 8.28. The van der Waals surface area contributed by atoms with Crippen LogP contribution >= 0.6 is 0 Å². The highest BCUT2D eigenvalue weighted by atomic mass is 16.5. The molecule has 3 aromatic rings. The highest BCUT2D eigenvalue weighted by Gasteiger charge is 2.26. The molecule has 2 aliphatic heterocycles. The lowest BCUT2D eigenvalue weighted by molar-refractivity contribution is 0.122. The van der Waals surface area contributed by atoms with Gasteiger partial charge in [-0.05, 0) is 36.8 Å². The van der Waals surface area contributed by atoms with E-state index in [-0.39, 0.29) is 12.2 Å². The van der Waals surface area contributed by atoms with Gasteiger partial charge in [0.1, 0.15) is 11.6 Å². The Balaban J connectivity index is 1.45. The van der Waals surface area contributed by atoms with Crippen molar-refractivity contribution in [3.05, 3.63) is 64.1 Å². The molecule has 0 radical (unpaired) electrons. The number of aromatic nitrogens is 3. The fourth-order valence-corrected chi connectivity index (χ4v) is 4.34. The largest absolute Gasteiger partial charge is 0.395 e. The number of hydrogen-bond donors (Lipinski definition) is 3. The van der Waals surface area contributed by atoms with Crippen molar-refractivity contribution in [2.24, 2.45) is 0 Å². The molecule has 0 saturated carbocycles. The number of nitrogens with one attached hydrogen (secondary N) is 2. The lowest BCUT2D eigenvalue weighted by Crippen LogP contribution is -2.40. The molecular formula is C24H28N6O3. The zero-order chi connectivity index (χ0) is 22.6. The van der Waals surface area contributed by atoms with Gasteiger partial charge in [0.25, 0.3) is 0 Å². The first-order chi connectivity index (χ1) is 16.2. The number of anilines is 3. The van der Waals surface area contributed by atoms with Crippen LogP contribution in [0.15, 0.2) is 47.3 Å². The fourth-order valence-electron chi connectivity index (χ4n) is 4.34. The standard InChI is InChI=1S/C24H28N6O3/c31-13-10-29-9-8-19-20(16-29)26-23(28-24(19)30-11-14-33-15-12-30)17-4-6-18(7-5-17)25-21-2-1-3-22(32)27-21/h1-7,31H,8-16H2,(H2,25,27,32). The highest BCUT2D eigenvalue weighted by molar-refractivity contribution is 5.65. The molecule has 3 N–H and O–H groups in total. The summed E-state index contributed by atoms with van der Waals surface area (Å²) in [6, 6.07) is 12.9. The molecule has 1 saturated heterocycles. The molecule has 0 amide bonds. The summed E-state index contributed by atoms with van der Waals surface area (Å²) >= 11 is 0. The quantitative estimate of drug-likeness (QED) is 0.524. The number of aromatic amines is 1. The number of H-pyrrole nitrogens is 1. The van der Waals surface area contributed by atoms with E-state index in [0.29, 0.717) is 37.9 Å². The van der Waals surface area contributed by atoms with Crippen molar-refractivity contribution >= 4 is 17.3 Å². The Morgan fingerprint density at radius 2 is 1.88 bits per heavy atom. The maximum absolute atomic E-state index is 11.5. The first kappa shape index (κ1) is 21.6. The Morgan fingerprint density at radius 3 is 2.64 bits per heavy atom. The van der Waals surface area contributed by atoms with Gasteiger partial charge in [0.05, 0.1) is 25.5 Å². The number of aliphatic hydroxyl groups is 1. The minimum atomic E-state index is -0.148. The Bertz CT molecular complexity index is 1160. The second kappa shape index (κ2) is 9.70. The van der Waals surface area contributed by atoms with E-state index in [1.165, 1.54) is 11.6 Å². The normalized spacial score (nSPS) is 16.5. The molecule has 4 heterocycles. The average molecular weight is 449 g/mol. The molecule has 1 aromatic carbocycles. The summed E-state index contributed by atoms with van der Waals surface area (Å²) in [5.74, 6) is 2.34. The molecule has 9 heteroatoms. The van der Waals surface area contributed by atoms with Gasteiger partial charge >= 0.3 is 0 Å². The van der Waals surface area contributed by atoms with E-state index in [2.05, 4.69) is 20.1 Å². The summed E-state index contributed by atoms with van der Waals surface area (Å²) in [5.41, 5.74) is 3.89. The summed E-state index contributed by atoms with van der Waals surface area (Å²) in [5, 5.41) is 12.6. The van der Waals surface area contributed by atoms with Crippen molar-refractivity contribution < 1.29 is 9.84 Å². The van der Waals surface area contributed by atoms with E-state index < -0.39 is 0 Å². The van der Waals surface area contributed by atoms with E-state index in [1.807, 2.05) is 30.3 Å². The van der Waals surface area contributed by atoms with Gasteiger partial charge in [-0.2, -0.15) is 0 Å². The number of pyridine rings is 1. The van der Waals surface area contributed by atoms with Crippen molar-refractivity contribution in [1.29, 1.82) is 0 Å². The van der Waals surface area contributed by atoms with Gasteiger partial charge in [0.15, 0.2) is 5.82 Å². The lowest BCUT2D eigenvalue weighted by atomic mass is 10.0. The van der Waals surface area contributed by atoms with E-state index in [1.54, 1.807) is 6.07 Å². The number of fused-ring (bicyclic) bond motifs is 1. The fraction of sp³-hybridized carbons (Fsp3) is 0.375. The van der Waals surface area contributed by atoms with Crippen molar-refractivity contribution in [3.8, 4) is 11.4 Å². The number of rotatable bonds is 6. The zero-order valence-electron chi connectivity index (χ0n) is 18.5. The van der Waals surface area contributed by atoms with Gasteiger partial charge in [-0.25, -0.2) is 9.97 Å². The molecule has 0 spiro atoms. The van der Waals surface area contributed by atoms with Crippen LogP contribution in [0.5, 0.6) is 0 Å². The smallest absolute Gasteiger partial charge is 0.249 e. The van der Waals surface area contributed by atoms with Crippen LogP contribution in [0.4, 0.5) is 17.3 Å². The summed E-state index contributed by atoms with van der Waals surface area (Å²) in [7, 11) is 0. The third-order valence-corrected chi connectivity index (χ3v) is 6.04. The maximum atomic E-state index is 11.5. The molecular weight excluding hydrogens is 420 g/mol. The topological polar surface area (TPSA) is 107 Å². The molecule has 33 heavy (non-hydrogen) atoms. The monoisotopic (exact) mass is 448 g/mol. The number of morpholine rings is 1. The Labute approximate surface area is 192 Å². The molecule has 0 unspecified atom stereocenters. The van der Waals surface area contributed by atoms with Crippen LogP contribution in [0, 0.1) is 0 Å². The molecule has 2 aliphatic rings. The van der Waals surface area contributed by atoms with E-state index >= 15 is 0 Å². The summed E-state index contributed by atoms with van der Waals surface area (Å²) in [6.07, 6.45) is 0.875. The molecule has 5 rings (SSSR count). The molecule has 1 fully saturated rings.